The molecular weight excluding hydrogens is 388 g/mol. The maximum atomic E-state index is 4.05. The summed E-state index contributed by atoms with van der Waals surface area (Å²) in [4.78, 5) is 3.59. The van der Waals surface area contributed by atoms with Crippen LogP contribution in [0.3, 0.4) is 0 Å². The summed E-state index contributed by atoms with van der Waals surface area (Å²) in [5.74, 6) is 0. The van der Waals surface area contributed by atoms with Crippen molar-refractivity contribution in [3.05, 3.63) is 144 Å². The molecule has 0 bridgehead atoms. The van der Waals surface area contributed by atoms with Gasteiger partial charge in [0.2, 0.25) is 0 Å². The highest BCUT2D eigenvalue weighted by molar-refractivity contribution is 5.80. The van der Waals surface area contributed by atoms with Crippen LogP contribution in [0.15, 0.2) is 121 Å². The van der Waals surface area contributed by atoms with Crippen LogP contribution in [-0.2, 0) is 12.0 Å². The molecule has 1 atom stereocenters. The number of hydrogen-bond acceptors (Lipinski definition) is 1. The average Bonchev–Trinajstić information content (AvgIpc) is 3.26. The van der Waals surface area contributed by atoms with Crippen LogP contribution in [-0.4, -0.2) is 11.0 Å². The van der Waals surface area contributed by atoms with E-state index >= 15 is 0 Å². The highest BCUT2D eigenvalue weighted by Gasteiger charge is 2.37. The van der Waals surface area contributed by atoms with E-state index in [1.165, 1.54) is 33.3 Å². The lowest BCUT2D eigenvalue weighted by atomic mass is 9.76. The van der Waals surface area contributed by atoms with Gasteiger partial charge in [-0.2, -0.15) is 0 Å². The number of nitrogens with one attached hydrogen (secondary N) is 2. The summed E-state index contributed by atoms with van der Waals surface area (Å²) < 4.78 is 0. The van der Waals surface area contributed by atoms with Crippen LogP contribution in [0.4, 0.5) is 0 Å². The largest absolute Gasteiger partial charge is 0.358 e. The second-order valence-corrected chi connectivity index (χ2v) is 8.48. The summed E-state index contributed by atoms with van der Waals surface area (Å²) in [5.41, 5.74) is 5.70. The number of rotatable bonds is 7. The molecule has 0 amide bonds. The fourth-order valence-electron chi connectivity index (χ4n) is 4.81. The van der Waals surface area contributed by atoms with Gasteiger partial charge in [0.25, 0.3) is 0 Å². The van der Waals surface area contributed by atoms with Crippen LogP contribution in [0.2, 0.25) is 0 Å². The number of hydrogen-bond donors (Lipinski definition) is 2. The van der Waals surface area contributed by atoms with Gasteiger partial charge in [0.15, 0.2) is 0 Å². The summed E-state index contributed by atoms with van der Waals surface area (Å²) in [7, 11) is 0. The van der Waals surface area contributed by atoms with Crippen molar-refractivity contribution < 1.29 is 0 Å². The standard InChI is InChI=1S/C30H28N2/c1-23(21-28-22-24-13-11-12-20-29(24)31-28)32-30(25-14-5-2-6-15-25,26-16-7-3-8-17-26)27-18-9-4-10-19-27/h2-20,22-23,31-32H,21H2,1H3. The maximum absolute atomic E-state index is 4.05. The molecule has 0 spiro atoms. The Morgan fingerprint density at radius 2 is 1.12 bits per heavy atom. The first-order chi connectivity index (χ1) is 15.8. The molecule has 0 fully saturated rings. The lowest BCUT2D eigenvalue weighted by molar-refractivity contribution is 0.403. The highest BCUT2D eigenvalue weighted by atomic mass is 15.0. The van der Waals surface area contributed by atoms with Crippen LogP contribution in [0, 0.1) is 0 Å². The Labute approximate surface area is 190 Å². The zero-order valence-corrected chi connectivity index (χ0v) is 18.3. The number of fused-ring (bicyclic) bond motifs is 1. The van der Waals surface area contributed by atoms with Crippen molar-refractivity contribution in [2.24, 2.45) is 0 Å². The van der Waals surface area contributed by atoms with Gasteiger partial charge in [-0.1, -0.05) is 109 Å². The molecular formula is C30H28N2. The minimum absolute atomic E-state index is 0.226. The Balaban J connectivity index is 1.59. The molecule has 0 aliphatic rings. The molecule has 0 aliphatic heterocycles. The van der Waals surface area contributed by atoms with Crippen LogP contribution < -0.4 is 5.32 Å². The van der Waals surface area contributed by atoms with E-state index in [1.807, 2.05) is 0 Å². The fourth-order valence-corrected chi connectivity index (χ4v) is 4.81. The first-order valence-corrected chi connectivity index (χ1v) is 11.3. The van der Waals surface area contributed by atoms with Gasteiger partial charge in [0, 0.05) is 23.7 Å². The van der Waals surface area contributed by atoms with E-state index in [0.29, 0.717) is 0 Å². The van der Waals surface area contributed by atoms with Crippen molar-refractivity contribution in [3.63, 3.8) is 0 Å². The van der Waals surface area contributed by atoms with Crippen molar-refractivity contribution >= 4 is 10.9 Å². The molecule has 5 rings (SSSR count). The fraction of sp³-hybridized carbons (Fsp3) is 0.133. The summed E-state index contributed by atoms with van der Waals surface area (Å²) in [6.45, 7) is 2.27. The quantitative estimate of drug-likeness (QED) is 0.285. The Morgan fingerprint density at radius 3 is 1.62 bits per heavy atom. The van der Waals surface area contributed by atoms with E-state index in [2.05, 4.69) is 139 Å². The average molecular weight is 417 g/mol. The molecule has 0 saturated carbocycles. The van der Waals surface area contributed by atoms with Gasteiger partial charge in [-0.05, 0) is 41.1 Å². The molecule has 0 aliphatic carbocycles. The normalized spacial score (nSPS) is 12.7. The zero-order chi connectivity index (χ0) is 21.8. The first-order valence-electron chi connectivity index (χ1n) is 11.3. The predicted molar refractivity (Wildman–Crippen MR) is 134 cm³/mol. The molecule has 5 aromatic rings. The van der Waals surface area contributed by atoms with Crippen molar-refractivity contribution in [3.8, 4) is 0 Å². The number of aromatic nitrogens is 1. The third kappa shape index (κ3) is 3.86. The summed E-state index contributed by atoms with van der Waals surface area (Å²) in [6.07, 6.45) is 0.906. The van der Waals surface area contributed by atoms with Gasteiger partial charge in [0.05, 0.1) is 5.54 Å². The smallest absolute Gasteiger partial charge is 0.0950 e. The van der Waals surface area contributed by atoms with Crippen LogP contribution in [0.5, 0.6) is 0 Å². The third-order valence-corrected chi connectivity index (χ3v) is 6.20. The SMILES string of the molecule is CC(Cc1cc2ccccc2[nH]1)NC(c1ccccc1)(c1ccccc1)c1ccccc1. The van der Waals surface area contributed by atoms with Crippen molar-refractivity contribution in [2.75, 3.05) is 0 Å². The lowest BCUT2D eigenvalue weighted by Crippen LogP contribution is -2.49. The van der Waals surface area contributed by atoms with E-state index in [4.69, 9.17) is 0 Å². The van der Waals surface area contributed by atoms with Gasteiger partial charge in [-0.3, -0.25) is 5.32 Å². The lowest BCUT2D eigenvalue weighted by Gasteiger charge is -2.39. The molecule has 158 valence electrons. The molecule has 0 radical (unpaired) electrons. The second-order valence-electron chi connectivity index (χ2n) is 8.48. The molecule has 1 unspecified atom stereocenters. The van der Waals surface area contributed by atoms with E-state index in [9.17, 15) is 0 Å². The monoisotopic (exact) mass is 416 g/mol. The maximum Gasteiger partial charge on any atom is 0.0950 e. The first kappa shape index (κ1) is 20.3. The molecule has 2 heteroatoms. The molecule has 2 N–H and O–H groups in total. The van der Waals surface area contributed by atoms with Gasteiger partial charge >= 0.3 is 0 Å². The van der Waals surface area contributed by atoms with E-state index in [0.717, 1.165) is 6.42 Å². The van der Waals surface area contributed by atoms with Gasteiger partial charge in [0.1, 0.15) is 0 Å². The summed E-state index contributed by atoms with van der Waals surface area (Å²) in [6, 6.07) is 43.3. The second kappa shape index (κ2) is 8.86. The van der Waals surface area contributed by atoms with Gasteiger partial charge in [-0.25, -0.2) is 0 Å². The molecule has 32 heavy (non-hydrogen) atoms. The van der Waals surface area contributed by atoms with Crippen molar-refractivity contribution in [2.45, 2.75) is 24.9 Å². The molecule has 0 saturated heterocycles. The molecule has 4 aromatic carbocycles. The molecule has 2 nitrogen and oxygen atoms in total. The summed E-state index contributed by atoms with van der Waals surface area (Å²) >= 11 is 0. The number of aromatic amines is 1. The minimum Gasteiger partial charge on any atom is -0.358 e. The van der Waals surface area contributed by atoms with Crippen molar-refractivity contribution in [1.29, 1.82) is 0 Å². The topological polar surface area (TPSA) is 27.8 Å². The Hall–Kier alpha value is -3.62. The van der Waals surface area contributed by atoms with Crippen LogP contribution >= 0.6 is 0 Å². The van der Waals surface area contributed by atoms with Crippen LogP contribution in [0.1, 0.15) is 29.3 Å². The third-order valence-electron chi connectivity index (χ3n) is 6.20. The van der Waals surface area contributed by atoms with Crippen molar-refractivity contribution in [1.82, 2.24) is 10.3 Å². The molecule has 1 aromatic heterocycles. The van der Waals surface area contributed by atoms with Gasteiger partial charge < -0.3 is 4.98 Å². The Kier molecular flexibility index (Phi) is 5.62. The predicted octanol–water partition coefficient (Wildman–Crippen LogP) is 6.68. The number of H-pyrrole nitrogens is 1. The van der Waals surface area contributed by atoms with Crippen LogP contribution in [0.25, 0.3) is 10.9 Å². The minimum atomic E-state index is -0.449. The number of para-hydroxylation sites is 1. The Morgan fingerprint density at radius 1 is 0.656 bits per heavy atom. The molecule has 1 heterocycles. The number of benzene rings is 4. The van der Waals surface area contributed by atoms with E-state index in [1.54, 1.807) is 0 Å². The van der Waals surface area contributed by atoms with E-state index < -0.39 is 5.54 Å². The van der Waals surface area contributed by atoms with E-state index in [-0.39, 0.29) is 6.04 Å². The van der Waals surface area contributed by atoms with Gasteiger partial charge in [-0.15, -0.1) is 0 Å². The summed E-state index contributed by atoms with van der Waals surface area (Å²) in [5, 5.41) is 5.31. The highest BCUT2D eigenvalue weighted by Crippen LogP contribution is 2.37. The zero-order valence-electron chi connectivity index (χ0n) is 18.3. The Bertz CT molecular complexity index is 1140.